The van der Waals surface area contributed by atoms with E-state index in [0.717, 1.165) is 19.3 Å². The number of rotatable bonds is 7. The molecule has 2 N–H and O–H groups in total. The van der Waals surface area contributed by atoms with Gasteiger partial charge in [0.1, 0.15) is 5.75 Å². The molecule has 0 fully saturated rings. The van der Waals surface area contributed by atoms with Gasteiger partial charge >= 0.3 is 0 Å². The van der Waals surface area contributed by atoms with Crippen LogP contribution in [0.1, 0.15) is 50.4 Å². The van der Waals surface area contributed by atoms with Gasteiger partial charge < -0.3 is 24.4 Å². The number of carbonyl (C=O) groups is 1. The molecular formula is C29H43N3O6S. The van der Waals surface area contributed by atoms with Crippen LogP contribution in [0.4, 0.5) is 5.69 Å². The summed E-state index contributed by atoms with van der Waals surface area (Å²) in [7, 11) is 0.132. The maximum absolute atomic E-state index is 14.1. The molecule has 1 aliphatic rings. The summed E-state index contributed by atoms with van der Waals surface area (Å²) in [6.07, 6.45) is 2.33. The first-order valence-electron chi connectivity index (χ1n) is 13.6. The van der Waals surface area contributed by atoms with Crippen LogP contribution >= 0.6 is 0 Å². The quantitative estimate of drug-likeness (QED) is 0.529. The van der Waals surface area contributed by atoms with E-state index in [1.165, 1.54) is 18.2 Å². The highest BCUT2D eigenvalue weighted by Crippen LogP contribution is 2.29. The number of fused-ring (bicyclic) bond motifs is 1. The molecule has 3 rings (SSSR count). The maximum Gasteiger partial charge on any atom is 0.261 e. The molecule has 2 aromatic rings. The Morgan fingerprint density at radius 2 is 1.85 bits per heavy atom. The van der Waals surface area contributed by atoms with Crippen LogP contribution in [0.2, 0.25) is 0 Å². The lowest BCUT2D eigenvalue weighted by Gasteiger charge is -2.35. The van der Waals surface area contributed by atoms with Crippen molar-refractivity contribution in [1.82, 2.24) is 9.80 Å². The van der Waals surface area contributed by atoms with Crippen LogP contribution in [0, 0.1) is 5.92 Å². The number of carbonyl (C=O) groups excluding carboxylic acids is 1. The molecule has 2 aromatic carbocycles. The van der Waals surface area contributed by atoms with Gasteiger partial charge in [0, 0.05) is 31.3 Å². The molecule has 0 spiro atoms. The Hall–Kier alpha value is -2.66. The number of hydrogen-bond acceptors (Lipinski definition) is 7. The second kappa shape index (κ2) is 14.1. The van der Waals surface area contributed by atoms with E-state index in [-0.39, 0.29) is 46.8 Å². The summed E-state index contributed by atoms with van der Waals surface area (Å²) in [6.45, 7) is 7.27. The number of sulfonamides is 1. The van der Waals surface area contributed by atoms with Crippen molar-refractivity contribution in [3.8, 4) is 5.75 Å². The van der Waals surface area contributed by atoms with Gasteiger partial charge in [-0.15, -0.1) is 0 Å². The third-order valence-corrected chi connectivity index (χ3v) is 8.30. The average Bonchev–Trinajstić information content (AvgIpc) is 2.90. The molecule has 4 atom stereocenters. The fraction of sp³-hybridized carbons (Fsp3) is 0.552. The molecule has 0 aromatic heterocycles. The number of nitrogens with zero attached hydrogens (tertiary/aromatic N) is 2. The van der Waals surface area contributed by atoms with E-state index >= 15 is 0 Å². The second-order valence-electron chi connectivity index (χ2n) is 10.7. The van der Waals surface area contributed by atoms with E-state index in [0.29, 0.717) is 25.4 Å². The first-order valence-corrected chi connectivity index (χ1v) is 15.1. The highest BCUT2D eigenvalue weighted by atomic mass is 32.2. The number of aliphatic hydroxyl groups is 1. The zero-order valence-electron chi connectivity index (χ0n) is 23.7. The largest absolute Gasteiger partial charge is 0.490 e. The summed E-state index contributed by atoms with van der Waals surface area (Å²) in [5.74, 6) is 0.0273. The van der Waals surface area contributed by atoms with Crippen molar-refractivity contribution in [3.63, 3.8) is 0 Å². The lowest BCUT2D eigenvalue weighted by Crippen LogP contribution is -2.47. The molecule has 216 valence electrons. The lowest BCUT2D eigenvalue weighted by molar-refractivity contribution is -0.0137. The van der Waals surface area contributed by atoms with Crippen molar-refractivity contribution in [2.45, 2.75) is 63.2 Å². The minimum Gasteiger partial charge on any atom is -0.490 e. The van der Waals surface area contributed by atoms with Crippen molar-refractivity contribution in [1.29, 1.82) is 0 Å². The Bertz CT molecular complexity index is 1170. The molecule has 9 nitrogen and oxygen atoms in total. The van der Waals surface area contributed by atoms with E-state index in [4.69, 9.17) is 9.47 Å². The standard InChI is InChI=1S/C29H43N3O6S/c1-21-18-32(22(2)20-33)29(34)26-17-24(30-39(35,36)25-12-7-6-8-13-25)14-15-27(26)38-23(3)11-9-10-16-37-28(21)19-31(4)5/h6-8,12-15,17,21-23,28,30,33H,9-11,16,18-20H2,1-5H3/t21-,22-,23+,28-/m0/s1. The Morgan fingerprint density at radius 3 is 2.51 bits per heavy atom. The van der Waals surface area contributed by atoms with Crippen LogP contribution in [0.5, 0.6) is 5.75 Å². The molecule has 0 bridgehead atoms. The van der Waals surface area contributed by atoms with E-state index in [9.17, 15) is 18.3 Å². The zero-order valence-corrected chi connectivity index (χ0v) is 24.5. The Morgan fingerprint density at radius 1 is 1.13 bits per heavy atom. The molecule has 1 aliphatic heterocycles. The fourth-order valence-corrected chi connectivity index (χ4v) is 5.69. The number of benzene rings is 2. The van der Waals surface area contributed by atoms with Crippen LogP contribution < -0.4 is 9.46 Å². The van der Waals surface area contributed by atoms with Gasteiger partial charge in [-0.2, -0.15) is 0 Å². The van der Waals surface area contributed by atoms with Crippen LogP contribution in [0.3, 0.4) is 0 Å². The van der Waals surface area contributed by atoms with Crippen molar-refractivity contribution in [2.24, 2.45) is 5.92 Å². The normalized spacial score (nSPS) is 22.5. The number of ether oxygens (including phenoxy) is 2. The lowest BCUT2D eigenvalue weighted by atomic mass is 10.0. The molecule has 39 heavy (non-hydrogen) atoms. The Kier molecular flexibility index (Phi) is 11.2. The maximum atomic E-state index is 14.1. The topological polar surface area (TPSA) is 108 Å². The Labute approximate surface area is 233 Å². The van der Waals surface area contributed by atoms with E-state index < -0.39 is 16.1 Å². The molecule has 10 heteroatoms. The number of hydrogen-bond donors (Lipinski definition) is 2. The number of anilines is 1. The average molecular weight is 562 g/mol. The summed E-state index contributed by atoms with van der Waals surface area (Å²) in [4.78, 5) is 17.9. The van der Waals surface area contributed by atoms with Crippen molar-refractivity contribution < 1.29 is 27.8 Å². The van der Waals surface area contributed by atoms with Gasteiger partial charge in [0.25, 0.3) is 15.9 Å². The molecule has 0 aliphatic carbocycles. The minimum absolute atomic E-state index is 0.0173. The van der Waals surface area contributed by atoms with E-state index in [1.807, 2.05) is 27.9 Å². The van der Waals surface area contributed by atoms with Gasteiger partial charge in [0.05, 0.1) is 35.3 Å². The SMILES string of the molecule is C[C@@H]1CCCCO[C@@H](CN(C)C)[C@@H](C)CN([C@@H](C)CO)C(=O)c2cc(NS(=O)(=O)c3ccccc3)ccc2O1. The summed E-state index contributed by atoms with van der Waals surface area (Å²) in [6, 6.07) is 12.4. The van der Waals surface area contributed by atoms with Gasteiger partial charge in [-0.3, -0.25) is 9.52 Å². The highest BCUT2D eigenvalue weighted by molar-refractivity contribution is 7.92. The fourth-order valence-electron chi connectivity index (χ4n) is 4.62. The van der Waals surface area contributed by atoms with E-state index in [1.54, 1.807) is 42.2 Å². The van der Waals surface area contributed by atoms with Crippen LogP contribution in [-0.2, 0) is 14.8 Å². The summed E-state index contributed by atoms with van der Waals surface area (Å²) in [5, 5.41) is 10.0. The molecule has 0 radical (unpaired) electrons. The van der Waals surface area contributed by atoms with Crippen molar-refractivity contribution in [3.05, 3.63) is 54.1 Å². The van der Waals surface area contributed by atoms with Gasteiger partial charge in [0.15, 0.2) is 0 Å². The number of amides is 1. The molecule has 1 amide bonds. The minimum atomic E-state index is -3.86. The molecule has 0 saturated carbocycles. The molecule has 0 saturated heterocycles. The first kappa shape index (κ1) is 30.9. The van der Waals surface area contributed by atoms with E-state index in [2.05, 4.69) is 9.62 Å². The van der Waals surface area contributed by atoms with Crippen LogP contribution in [0.25, 0.3) is 0 Å². The monoisotopic (exact) mass is 561 g/mol. The third-order valence-electron chi connectivity index (χ3n) is 6.90. The number of likely N-dealkylation sites (N-methyl/N-ethyl adjacent to an activating group) is 1. The molecule has 0 unspecified atom stereocenters. The summed E-state index contributed by atoms with van der Waals surface area (Å²) in [5.41, 5.74) is 0.492. The predicted octanol–water partition coefficient (Wildman–Crippen LogP) is 3.84. The molecule has 1 heterocycles. The third kappa shape index (κ3) is 8.66. The highest BCUT2D eigenvalue weighted by Gasteiger charge is 2.30. The molecular weight excluding hydrogens is 518 g/mol. The Balaban J connectivity index is 2.02. The first-order chi connectivity index (χ1) is 18.5. The van der Waals surface area contributed by atoms with Gasteiger partial charge in [-0.25, -0.2) is 8.42 Å². The smallest absolute Gasteiger partial charge is 0.261 e. The van der Waals surface area contributed by atoms with Crippen LogP contribution in [0.15, 0.2) is 53.4 Å². The number of aliphatic hydroxyl groups excluding tert-OH is 1. The van der Waals surface area contributed by atoms with Gasteiger partial charge in [-0.1, -0.05) is 25.1 Å². The summed E-state index contributed by atoms with van der Waals surface area (Å²) < 4.78 is 41.0. The second-order valence-corrected chi connectivity index (χ2v) is 12.4. The van der Waals surface area contributed by atoms with Gasteiger partial charge in [0.2, 0.25) is 0 Å². The van der Waals surface area contributed by atoms with Gasteiger partial charge in [-0.05, 0) is 77.5 Å². The summed E-state index contributed by atoms with van der Waals surface area (Å²) >= 11 is 0. The van der Waals surface area contributed by atoms with Crippen LogP contribution in [-0.4, -0.2) is 87.9 Å². The predicted molar refractivity (Wildman–Crippen MR) is 153 cm³/mol. The number of nitrogens with one attached hydrogen (secondary N) is 1. The van der Waals surface area contributed by atoms with Crippen molar-refractivity contribution >= 4 is 21.6 Å². The van der Waals surface area contributed by atoms with Crippen molar-refractivity contribution in [2.75, 3.05) is 45.1 Å². The zero-order chi connectivity index (χ0) is 28.6.